The average Bonchev–Trinajstić information content (AvgIpc) is 3.14. The quantitative estimate of drug-likeness (QED) is 0.345. The largest absolute Gasteiger partial charge is 0.120 e. The molecule has 0 radical (unpaired) electrons. The van der Waals surface area contributed by atoms with Crippen molar-refractivity contribution in [2.45, 2.75) is 6.42 Å². The van der Waals surface area contributed by atoms with Crippen molar-refractivity contribution in [1.82, 2.24) is 0 Å². The van der Waals surface area contributed by atoms with Crippen LogP contribution in [0.5, 0.6) is 0 Å². The molecule has 0 atom stereocenters. The number of hydrogen-bond donors (Lipinski definition) is 0. The van der Waals surface area contributed by atoms with E-state index in [-0.39, 0.29) is 0 Å². The third-order valence-electron chi connectivity index (χ3n) is 5.51. The van der Waals surface area contributed by atoms with E-state index in [0.29, 0.717) is 0 Å². The maximum Gasteiger partial charge on any atom is 0.0237 e. The highest BCUT2D eigenvalue weighted by Crippen LogP contribution is 2.28. The molecule has 0 heteroatoms. The van der Waals surface area contributed by atoms with E-state index in [2.05, 4.69) is 103 Å². The van der Waals surface area contributed by atoms with Crippen molar-refractivity contribution in [2.75, 3.05) is 0 Å². The Hall–Kier alpha value is -3.60. The minimum absolute atomic E-state index is 1.08. The second-order valence-electron chi connectivity index (χ2n) is 7.14. The standard InChI is InChI=1S/C15H10.C13H10/c1-2-11-7-5-9-14-13-8-4-3-6-12(13)10-15(11)14;1-4-10-6-2-8-12-9-3-7-11(5-1)13(10)12/h3-10H,1H2;1-8H,9H2. The molecule has 0 saturated heterocycles. The highest BCUT2D eigenvalue weighted by molar-refractivity contribution is 5.94. The molecule has 4 aromatic carbocycles. The average molecular weight is 356 g/mol. The van der Waals surface area contributed by atoms with Gasteiger partial charge in [-0.2, -0.15) is 0 Å². The zero-order chi connectivity index (χ0) is 18.9. The Kier molecular flexibility index (Phi) is 4.05. The molecule has 0 unspecified atom stereocenters. The second-order valence-corrected chi connectivity index (χ2v) is 7.14. The highest BCUT2D eigenvalue weighted by Gasteiger charge is 2.10. The Labute approximate surface area is 165 Å². The van der Waals surface area contributed by atoms with Gasteiger partial charge in [-0.05, 0) is 62.4 Å². The van der Waals surface area contributed by atoms with Gasteiger partial charge in [0.25, 0.3) is 0 Å². The van der Waals surface area contributed by atoms with Gasteiger partial charge < -0.3 is 0 Å². The smallest absolute Gasteiger partial charge is 0.0237 e. The molecule has 6 rings (SSSR count). The SMILES string of the molecule is C1=Cc2cccc3cccc(c23)C1.C=C=c1cccc2c1=Cc1ccccc1-2. The van der Waals surface area contributed by atoms with Crippen molar-refractivity contribution < 1.29 is 0 Å². The molecule has 0 N–H and O–H groups in total. The highest BCUT2D eigenvalue weighted by atomic mass is 14.1. The van der Waals surface area contributed by atoms with Gasteiger partial charge >= 0.3 is 0 Å². The first-order valence-corrected chi connectivity index (χ1v) is 9.62. The van der Waals surface area contributed by atoms with Crippen molar-refractivity contribution in [3.63, 3.8) is 0 Å². The maximum absolute atomic E-state index is 3.73. The van der Waals surface area contributed by atoms with Gasteiger partial charge in [0.05, 0.1) is 0 Å². The fraction of sp³-hybridized carbons (Fsp3) is 0.0357. The summed E-state index contributed by atoms with van der Waals surface area (Å²) in [6.45, 7) is 3.73. The lowest BCUT2D eigenvalue weighted by Gasteiger charge is -2.11. The van der Waals surface area contributed by atoms with Crippen molar-refractivity contribution >= 4 is 28.7 Å². The molecule has 2 aliphatic carbocycles. The van der Waals surface area contributed by atoms with Crippen LogP contribution in [0.2, 0.25) is 0 Å². The van der Waals surface area contributed by atoms with Crippen LogP contribution in [0.4, 0.5) is 0 Å². The van der Waals surface area contributed by atoms with Crippen LogP contribution in [-0.4, -0.2) is 0 Å². The van der Waals surface area contributed by atoms with Crippen LogP contribution in [-0.2, 0) is 6.42 Å². The van der Waals surface area contributed by atoms with Crippen LogP contribution in [0, 0.1) is 0 Å². The number of fused-ring (bicyclic) bond motifs is 3. The van der Waals surface area contributed by atoms with Gasteiger partial charge in [0, 0.05) is 5.22 Å². The van der Waals surface area contributed by atoms with Crippen LogP contribution in [0.15, 0.2) is 91.5 Å². The third kappa shape index (κ3) is 2.72. The van der Waals surface area contributed by atoms with Crippen LogP contribution in [0.1, 0.15) is 16.7 Å². The van der Waals surface area contributed by atoms with Gasteiger partial charge in [0.1, 0.15) is 0 Å². The van der Waals surface area contributed by atoms with Gasteiger partial charge in [-0.3, -0.25) is 0 Å². The fourth-order valence-corrected chi connectivity index (χ4v) is 4.20. The lowest BCUT2D eigenvalue weighted by molar-refractivity contribution is 1.29. The normalized spacial score (nSPS) is 12.3. The Morgan fingerprint density at radius 2 is 1.46 bits per heavy atom. The summed E-state index contributed by atoms with van der Waals surface area (Å²) in [4.78, 5) is 0. The summed E-state index contributed by atoms with van der Waals surface area (Å²) in [7, 11) is 0. The van der Waals surface area contributed by atoms with E-state index in [1.165, 1.54) is 43.8 Å². The third-order valence-corrected chi connectivity index (χ3v) is 5.51. The van der Waals surface area contributed by atoms with Crippen LogP contribution in [0.3, 0.4) is 0 Å². The lowest BCUT2D eigenvalue weighted by atomic mass is 9.93. The maximum atomic E-state index is 3.73. The van der Waals surface area contributed by atoms with Crippen LogP contribution in [0.25, 0.3) is 39.8 Å². The van der Waals surface area contributed by atoms with E-state index in [1.54, 1.807) is 0 Å². The summed E-state index contributed by atoms with van der Waals surface area (Å²) in [6.07, 6.45) is 7.74. The lowest BCUT2D eigenvalue weighted by Crippen LogP contribution is -2.22. The molecule has 0 aliphatic heterocycles. The molecular formula is C28H20. The number of benzene rings is 4. The van der Waals surface area contributed by atoms with Gasteiger partial charge in [0.2, 0.25) is 0 Å². The van der Waals surface area contributed by atoms with Gasteiger partial charge in [-0.25, -0.2) is 0 Å². The molecule has 0 heterocycles. The topological polar surface area (TPSA) is 0 Å². The molecule has 4 aromatic rings. The van der Waals surface area contributed by atoms with E-state index < -0.39 is 0 Å². The summed E-state index contributed by atoms with van der Waals surface area (Å²) in [5.74, 6) is 0. The van der Waals surface area contributed by atoms with E-state index in [4.69, 9.17) is 0 Å². The molecule has 0 saturated carbocycles. The molecule has 0 nitrogen and oxygen atoms in total. The predicted octanol–water partition coefficient (Wildman–Crippen LogP) is 5.47. The first-order valence-electron chi connectivity index (χ1n) is 9.62. The Balaban J connectivity index is 0.000000123. The summed E-state index contributed by atoms with van der Waals surface area (Å²) in [5, 5.41) is 5.13. The Bertz CT molecular complexity index is 1370. The Morgan fingerprint density at radius 3 is 2.36 bits per heavy atom. The zero-order valence-corrected chi connectivity index (χ0v) is 15.7. The molecule has 0 fully saturated rings. The minimum Gasteiger partial charge on any atom is -0.120 e. The molecule has 132 valence electrons. The monoisotopic (exact) mass is 356 g/mol. The van der Waals surface area contributed by atoms with Crippen molar-refractivity contribution in [3.05, 3.63) is 119 Å². The van der Waals surface area contributed by atoms with Gasteiger partial charge in [0.15, 0.2) is 0 Å². The van der Waals surface area contributed by atoms with E-state index in [0.717, 1.165) is 11.6 Å². The minimum atomic E-state index is 1.08. The molecule has 0 aromatic heterocycles. The fourth-order valence-electron chi connectivity index (χ4n) is 4.20. The molecule has 2 aliphatic rings. The van der Waals surface area contributed by atoms with E-state index in [1.807, 2.05) is 6.07 Å². The van der Waals surface area contributed by atoms with Crippen molar-refractivity contribution in [2.24, 2.45) is 0 Å². The second kappa shape index (κ2) is 6.85. The number of rotatable bonds is 0. The first-order chi connectivity index (χ1) is 13.8. The summed E-state index contributed by atoms with van der Waals surface area (Å²) < 4.78 is 0. The molecule has 0 bridgehead atoms. The van der Waals surface area contributed by atoms with Gasteiger partial charge in [-0.15, -0.1) is 5.73 Å². The predicted molar refractivity (Wildman–Crippen MR) is 120 cm³/mol. The van der Waals surface area contributed by atoms with Crippen LogP contribution >= 0.6 is 0 Å². The summed E-state index contributed by atoms with van der Waals surface area (Å²) in [5.41, 5.74) is 9.68. The molecule has 0 amide bonds. The van der Waals surface area contributed by atoms with E-state index in [9.17, 15) is 0 Å². The Morgan fingerprint density at radius 1 is 0.714 bits per heavy atom. The van der Waals surface area contributed by atoms with Gasteiger partial charge in [-0.1, -0.05) is 91.5 Å². The number of hydrogen-bond acceptors (Lipinski definition) is 0. The number of allylic oxidation sites excluding steroid dienone is 1. The molecular weight excluding hydrogens is 336 g/mol. The summed E-state index contributed by atoms with van der Waals surface area (Å²) >= 11 is 0. The van der Waals surface area contributed by atoms with Crippen molar-refractivity contribution in [1.29, 1.82) is 0 Å². The summed E-state index contributed by atoms with van der Waals surface area (Å²) in [6, 6.07) is 27.7. The van der Waals surface area contributed by atoms with E-state index >= 15 is 0 Å². The van der Waals surface area contributed by atoms with Crippen LogP contribution < -0.4 is 10.4 Å². The first kappa shape index (κ1) is 16.6. The molecule has 0 spiro atoms. The van der Waals surface area contributed by atoms with Crippen molar-refractivity contribution in [3.8, 4) is 11.1 Å². The molecule has 28 heavy (non-hydrogen) atoms. The zero-order valence-electron chi connectivity index (χ0n) is 15.7.